The van der Waals surface area contributed by atoms with Gasteiger partial charge in [0.05, 0.1) is 12.9 Å². The van der Waals surface area contributed by atoms with Gasteiger partial charge in [0.1, 0.15) is 30.2 Å². The van der Waals surface area contributed by atoms with Gasteiger partial charge in [0.15, 0.2) is 17.7 Å². The second kappa shape index (κ2) is 7.30. The molecular formula is C10H13N5NaO7P. The van der Waals surface area contributed by atoms with Crippen molar-refractivity contribution in [2.75, 3.05) is 12.3 Å². The van der Waals surface area contributed by atoms with Gasteiger partial charge in [-0.05, 0) is 0 Å². The van der Waals surface area contributed by atoms with Crippen molar-refractivity contribution in [3.63, 3.8) is 0 Å². The first-order valence-electron chi connectivity index (χ1n) is 6.41. The molecule has 1 aliphatic rings. The number of aromatic nitrogens is 4. The van der Waals surface area contributed by atoms with Crippen molar-refractivity contribution in [3.05, 3.63) is 12.7 Å². The number of hydrogen-bond acceptors (Lipinski definition) is 10. The van der Waals surface area contributed by atoms with Crippen LogP contribution in [0.3, 0.4) is 0 Å². The number of fused-ring (bicyclic) bond motifs is 1. The molecule has 1 fully saturated rings. The van der Waals surface area contributed by atoms with Gasteiger partial charge in [-0.25, -0.2) is 15.0 Å². The fourth-order valence-corrected chi connectivity index (χ4v) is 2.66. The maximum absolute atomic E-state index is 10.6. The van der Waals surface area contributed by atoms with E-state index in [1.807, 2.05) is 0 Å². The van der Waals surface area contributed by atoms with E-state index in [0.29, 0.717) is 0 Å². The van der Waals surface area contributed by atoms with Crippen LogP contribution in [0, 0.1) is 0 Å². The quantitative estimate of drug-likeness (QED) is 0.297. The van der Waals surface area contributed by atoms with E-state index in [4.69, 9.17) is 15.4 Å². The molecule has 0 amide bonds. The van der Waals surface area contributed by atoms with Gasteiger partial charge in [0.2, 0.25) is 0 Å². The Labute approximate surface area is 157 Å². The van der Waals surface area contributed by atoms with Gasteiger partial charge in [-0.1, -0.05) is 0 Å². The van der Waals surface area contributed by atoms with Crippen LogP contribution >= 0.6 is 7.82 Å². The second-order valence-corrected chi connectivity index (χ2v) is 6.09. The average Bonchev–Trinajstić information content (AvgIpc) is 3.01. The van der Waals surface area contributed by atoms with E-state index >= 15 is 0 Å². The molecule has 0 bridgehead atoms. The third-order valence-corrected chi connectivity index (χ3v) is 3.88. The molecule has 2 aromatic heterocycles. The Balaban J connectivity index is 0.00000208. The van der Waals surface area contributed by atoms with Crippen LogP contribution < -0.4 is 40.2 Å². The number of aliphatic hydroxyl groups excluding tert-OH is 2. The van der Waals surface area contributed by atoms with Crippen molar-refractivity contribution < 1.29 is 63.4 Å². The van der Waals surface area contributed by atoms with Gasteiger partial charge in [-0.2, -0.15) is 0 Å². The number of phosphoric ester groups is 1. The molecule has 14 heteroatoms. The second-order valence-electron chi connectivity index (χ2n) is 4.89. The number of rotatable bonds is 4. The standard InChI is InChI=1S/C10H14N5O7P.Na/c11-8-5-9(13-2-12-8)15(3-14-5)10-7(17)6(16)4(22-10)1-21-23(18,19)20;/h2-4,6-7,10,16-17H,1H2,(H2,11,12,13)(H2,18,19,20);/q;+1/p-1. The van der Waals surface area contributed by atoms with Crippen LogP contribution in [0.2, 0.25) is 0 Å². The molecule has 126 valence electrons. The molecule has 3 rings (SSSR count). The molecule has 5 N–H and O–H groups in total. The van der Waals surface area contributed by atoms with Crippen molar-refractivity contribution >= 4 is 24.8 Å². The number of nitrogens with zero attached hydrogens (tertiary/aromatic N) is 4. The Kier molecular flexibility index (Phi) is 5.98. The van der Waals surface area contributed by atoms with Crippen LogP contribution in [0.4, 0.5) is 5.82 Å². The van der Waals surface area contributed by atoms with Crippen LogP contribution in [-0.2, 0) is 13.8 Å². The van der Waals surface area contributed by atoms with Crippen LogP contribution in [0.1, 0.15) is 6.23 Å². The number of nitrogen functional groups attached to an aromatic ring is 1. The zero-order valence-electron chi connectivity index (χ0n) is 12.5. The Morgan fingerprint density at radius 3 is 2.75 bits per heavy atom. The average molecular weight is 369 g/mol. The van der Waals surface area contributed by atoms with Crippen molar-refractivity contribution in [1.29, 1.82) is 0 Å². The Hall–Kier alpha value is -0.660. The minimum Gasteiger partial charge on any atom is -0.756 e. The summed E-state index contributed by atoms with van der Waals surface area (Å²) >= 11 is 0. The smallest absolute Gasteiger partial charge is 0.756 e. The summed E-state index contributed by atoms with van der Waals surface area (Å²) in [6, 6.07) is 0. The third kappa shape index (κ3) is 3.78. The molecule has 24 heavy (non-hydrogen) atoms. The molecule has 2 aromatic rings. The molecule has 5 atom stereocenters. The molecule has 0 aliphatic carbocycles. The number of hydrogen-bond donors (Lipinski definition) is 4. The summed E-state index contributed by atoms with van der Waals surface area (Å²) in [5.74, 6) is 0.134. The van der Waals surface area contributed by atoms with Crippen LogP contribution in [-0.4, -0.2) is 59.5 Å². The predicted molar refractivity (Wildman–Crippen MR) is 71.4 cm³/mol. The molecule has 12 nitrogen and oxygen atoms in total. The van der Waals surface area contributed by atoms with Crippen LogP contribution in [0.15, 0.2) is 12.7 Å². The van der Waals surface area contributed by atoms with Gasteiger partial charge < -0.3 is 35.0 Å². The topological polar surface area (TPSA) is 189 Å². The normalized spacial score (nSPS) is 29.3. The monoisotopic (exact) mass is 369 g/mol. The SMILES string of the molecule is Nc1ncnc2c1ncn2C1OC(COP(=O)([O-])O)C(O)C1O.[Na+]. The Morgan fingerprint density at radius 2 is 2.08 bits per heavy atom. The molecule has 5 unspecified atom stereocenters. The fraction of sp³-hybridized carbons (Fsp3) is 0.500. The summed E-state index contributed by atoms with van der Waals surface area (Å²) in [5.41, 5.74) is 6.22. The molecule has 0 saturated carbocycles. The van der Waals surface area contributed by atoms with E-state index in [-0.39, 0.29) is 46.5 Å². The van der Waals surface area contributed by atoms with E-state index in [9.17, 15) is 19.7 Å². The van der Waals surface area contributed by atoms with Crippen molar-refractivity contribution in [2.24, 2.45) is 0 Å². The zero-order chi connectivity index (χ0) is 16.8. The fourth-order valence-electron chi connectivity index (χ4n) is 2.32. The van der Waals surface area contributed by atoms with Crippen LogP contribution in [0.5, 0.6) is 0 Å². The summed E-state index contributed by atoms with van der Waals surface area (Å²) in [7, 11) is -4.97. The maximum Gasteiger partial charge on any atom is 1.00 e. The number of imidazole rings is 1. The minimum atomic E-state index is -4.97. The van der Waals surface area contributed by atoms with E-state index < -0.39 is 39.0 Å². The molecule has 3 heterocycles. The summed E-state index contributed by atoms with van der Waals surface area (Å²) in [6.45, 7) is -0.657. The van der Waals surface area contributed by atoms with Gasteiger partial charge in [0.25, 0.3) is 7.82 Å². The van der Waals surface area contributed by atoms with Crippen LogP contribution in [0.25, 0.3) is 11.2 Å². The van der Waals surface area contributed by atoms with Crippen molar-refractivity contribution in [1.82, 2.24) is 19.5 Å². The Morgan fingerprint density at radius 1 is 1.38 bits per heavy atom. The zero-order valence-corrected chi connectivity index (χ0v) is 15.4. The number of aliphatic hydroxyl groups is 2. The van der Waals surface area contributed by atoms with E-state index in [1.165, 1.54) is 17.2 Å². The molecule has 0 aromatic carbocycles. The van der Waals surface area contributed by atoms with E-state index in [2.05, 4.69) is 19.5 Å². The molecule has 0 spiro atoms. The number of phosphoric acid groups is 1. The summed E-state index contributed by atoms with van der Waals surface area (Å²) < 4.78 is 21.5. The van der Waals surface area contributed by atoms with E-state index in [1.54, 1.807) is 0 Å². The summed E-state index contributed by atoms with van der Waals surface area (Å²) in [5, 5.41) is 20.0. The molecule has 1 saturated heterocycles. The van der Waals surface area contributed by atoms with Gasteiger partial charge >= 0.3 is 29.6 Å². The number of nitrogens with two attached hydrogens (primary N) is 1. The van der Waals surface area contributed by atoms with Crippen molar-refractivity contribution in [2.45, 2.75) is 24.5 Å². The minimum absolute atomic E-state index is 0. The molecular weight excluding hydrogens is 356 g/mol. The maximum atomic E-state index is 10.6. The van der Waals surface area contributed by atoms with Crippen molar-refractivity contribution in [3.8, 4) is 0 Å². The largest absolute Gasteiger partial charge is 1.00 e. The van der Waals surface area contributed by atoms with E-state index in [0.717, 1.165) is 0 Å². The number of ether oxygens (including phenoxy) is 1. The summed E-state index contributed by atoms with van der Waals surface area (Å²) in [4.78, 5) is 31.0. The first kappa shape index (κ1) is 19.7. The van der Waals surface area contributed by atoms with Gasteiger partial charge in [-0.3, -0.25) is 9.13 Å². The van der Waals surface area contributed by atoms with Gasteiger partial charge in [-0.15, -0.1) is 0 Å². The number of anilines is 1. The third-order valence-electron chi connectivity index (χ3n) is 3.40. The first-order chi connectivity index (χ1) is 10.8. The predicted octanol–water partition coefficient (Wildman–Crippen LogP) is -5.49. The summed E-state index contributed by atoms with van der Waals surface area (Å²) in [6.07, 6.45) is -2.62. The molecule has 0 radical (unpaired) electrons. The molecule has 1 aliphatic heterocycles. The van der Waals surface area contributed by atoms with Gasteiger partial charge in [0, 0.05) is 0 Å². The Bertz CT molecular complexity index is 769. The first-order valence-corrected chi connectivity index (χ1v) is 7.90.